The molecule has 0 fully saturated rings. The van der Waals surface area contributed by atoms with E-state index in [1.54, 1.807) is 48.5 Å². The summed E-state index contributed by atoms with van der Waals surface area (Å²) in [5.41, 5.74) is 17.0. The van der Waals surface area contributed by atoms with Gasteiger partial charge in [-0.1, -0.05) is 158 Å². The molecule has 9 heteroatoms. The molecule has 0 amide bonds. The number of aromatic nitrogens is 4. The smallest absolute Gasteiger partial charge is 0.561 e. The van der Waals surface area contributed by atoms with Crippen LogP contribution in [0.2, 0.25) is 0 Å². The van der Waals surface area contributed by atoms with Crippen LogP contribution in [0.4, 0.5) is 0 Å². The maximum atomic E-state index is 10.3. The van der Waals surface area contributed by atoms with Gasteiger partial charge >= 0.3 is 35.8 Å². The minimum absolute atomic E-state index is 0. The number of nitrogens with one attached hydrogen (secondary N) is 2. The first kappa shape index (κ1) is 45.2. The maximum Gasteiger partial charge on any atom is 2.00 e. The summed E-state index contributed by atoms with van der Waals surface area (Å²) in [7, 11) is 0. The second-order valence-electron chi connectivity index (χ2n) is 15.4. The summed E-state index contributed by atoms with van der Waals surface area (Å²) in [6.45, 7) is 0. The predicted octanol–water partition coefficient (Wildman–Crippen LogP) is 12.0. The summed E-state index contributed by atoms with van der Waals surface area (Å²) >= 11 is 0. The second-order valence-corrected chi connectivity index (χ2v) is 15.4. The van der Waals surface area contributed by atoms with E-state index in [9.17, 15) is 9.59 Å². The number of hydrogen-bond donors (Lipinski definition) is 2. The minimum Gasteiger partial charge on any atom is -0.561 e. The normalized spacial score (nSPS) is 11.0. The van der Waals surface area contributed by atoms with Crippen LogP contribution in [-0.4, -0.2) is 66.0 Å². The van der Waals surface area contributed by atoms with Gasteiger partial charge in [0, 0.05) is 53.9 Å². The van der Waals surface area contributed by atoms with Gasteiger partial charge in [-0.25, -0.2) is 9.97 Å². The molecule has 320 valence electrons. The van der Waals surface area contributed by atoms with E-state index < -0.39 is 11.9 Å². The van der Waals surface area contributed by atoms with Gasteiger partial charge in [-0.2, -0.15) is 0 Å². The van der Waals surface area contributed by atoms with Crippen LogP contribution in [-0.2, 0) is 0 Å². The molecule has 2 aliphatic rings. The number of rotatable bonds is 6. The Bertz CT molecular complexity index is 2990. The van der Waals surface area contributed by atoms with Crippen LogP contribution in [0.25, 0.3) is 90.9 Å². The molecule has 8 bridgehead atoms. The number of fused-ring (bicyclic) bond motifs is 8. The zero-order valence-corrected chi connectivity index (χ0v) is 39.0. The Labute approximate surface area is 404 Å². The van der Waals surface area contributed by atoms with E-state index >= 15 is 0 Å². The fraction of sp³-hybridized carbons (Fsp3) is 0. The average Bonchev–Trinajstić information content (AvgIpc) is 4.23. The van der Waals surface area contributed by atoms with E-state index in [1.807, 2.05) is 36.4 Å². The van der Waals surface area contributed by atoms with Crippen molar-refractivity contribution in [2.24, 2.45) is 0 Å². The molecule has 5 heterocycles. The van der Waals surface area contributed by atoms with Crippen LogP contribution in [0.1, 0.15) is 43.5 Å². The largest absolute Gasteiger partial charge is 2.00 e. The number of hydrogen-bond acceptors (Lipinski definition) is 4. The SMILES string of the molecule is C1=Cc2nc1c(-c1ccccc1)c1ccc([nH]1)c(-c1ccccc1)c1nc(c(-c3ccccc3)c3ccc([nH]3)c2-c2ccccc2)C=C1.O=C([OH2+])c1ccccc1.O=C([OH2+])c1ccccc1.[Sn+2]. The molecule has 0 unspecified atom stereocenters. The van der Waals surface area contributed by atoms with E-state index in [4.69, 9.17) is 20.2 Å². The molecule has 0 atom stereocenters. The Morgan fingerprint density at radius 3 is 0.716 bits per heavy atom. The van der Waals surface area contributed by atoms with Crippen molar-refractivity contribution in [3.63, 3.8) is 0 Å². The van der Waals surface area contributed by atoms with Crippen molar-refractivity contribution in [1.29, 1.82) is 0 Å². The van der Waals surface area contributed by atoms with E-state index in [0.717, 1.165) is 89.4 Å². The van der Waals surface area contributed by atoms with Crippen molar-refractivity contribution in [3.05, 3.63) is 240 Å². The molecule has 8 nitrogen and oxygen atoms in total. The zero-order valence-electron chi connectivity index (χ0n) is 36.2. The van der Waals surface area contributed by atoms with Gasteiger partial charge in [-0.3, -0.25) is 0 Å². The summed E-state index contributed by atoms with van der Waals surface area (Å²) in [4.78, 5) is 38.9. The third-order valence-corrected chi connectivity index (χ3v) is 11.1. The first-order chi connectivity index (χ1) is 32.4. The quantitative estimate of drug-likeness (QED) is 0.127. The molecule has 2 radical (unpaired) electrons. The molecule has 11 rings (SSSR count). The monoisotopic (exact) mass is 980 g/mol. The third-order valence-electron chi connectivity index (χ3n) is 11.1. The summed E-state index contributed by atoms with van der Waals surface area (Å²) in [6.07, 6.45) is 8.54. The third kappa shape index (κ3) is 10.3. The Hall–Kier alpha value is -8.34. The molecule has 67 heavy (non-hydrogen) atoms. The van der Waals surface area contributed by atoms with Gasteiger partial charge in [0.15, 0.2) is 0 Å². The summed E-state index contributed by atoms with van der Waals surface area (Å²) in [5, 5.41) is 13.4. The first-order valence-corrected chi connectivity index (χ1v) is 21.4. The number of aromatic amines is 2. The van der Waals surface area contributed by atoms with Crippen LogP contribution in [0.15, 0.2) is 206 Å². The predicted molar refractivity (Wildman–Crippen MR) is 275 cm³/mol. The van der Waals surface area contributed by atoms with E-state index in [2.05, 4.69) is 156 Å². The Morgan fingerprint density at radius 1 is 0.313 bits per heavy atom. The van der Waals surface area contributed by atoms with Crippen molar-refractivity contribution < 1.29 is 19.8 Å². The molecular formula is C58H44N4O4Sn+4. The zero-order chi connectivity index (χ0) is 45.2. The second kappa shape index (κ2) is 21.1. The van der Waals surface area contributed by atoms with Crippen molar-refractivity contribution in [1.82, 2.24) is 19.9 Å². The van der Waals surface area contributed by atoms with Crippen molar-refractivity contribution in [3.8, 4) is 44.5 Å². The average molecular weight is 980 g/mol. The standard InChI is InChI=1S/C44H30N4.2C7H6O2.Sn/c1-5-13-29(14-6-1)41-33-21-23-35(45-33)42(30-15-7-2-8-16-30)37-25-27-39(47-37)44(32-19-11-4-12-20-32)40-28-26-38(48-40)43(31-17-9-3-10-18-31)36-24-22-34(41)46-36;2*8-7(9)6-4-2-1-3-5-6;/h1-28,45,48H;2*1-5H,(H,8,9);/q;;;+2/p+2. The molecule has 3 aromatic heterocycles. The number of carbonyl (C=O) groups excluding carboxylic acids is 2. The fourth-order valence-electron chi connectivity index (χ4n) is 8.02. The van der Waals surface area contributed by atoms with E-state index in [1.165, 1.54) is 0 Å². The van der Waals surface area contributed by atoms with Crippen molar-refractivity contribution in [2.45, 2.75) is 0 Å². The molecule has 6 N–H and O–H groups in total. The van der Waals surface area contributed by atoms with Crippen LogP contribution in [0, 0.1) is 0 Å². The van der Waals surface area contributed by atoms with Crippen LogP contribution in [0.5, 0.6) is 0 Å². The van der Waals surface area contributed by atoms with Crippen LogP contribution < -0.4 is 0 Å². The summed E-state index contributed by atoms with van der Waals surface area (Å²) in [5.74, 6) is -1.26. The first-order valence-electron chi connectivity index (χ1n) is 21.4. The Kier molecular flexibility index (Phi) is 14.2. The number of benzene rings is 6. The van der Waals surface area contributed by atoms with Gasteiger partial charge in [0.1, 0.15) is 11.1 Å². The number of carbonyl (C=O) groups is 2. The summed E-state index contributed by atoms with van der Waals surface area (Å²) in [6, 6.07) is 67.7. The van der Waals surface area contributed by atoms with E-state index in [0.29, 0.717) is 11.1 Å². The molecule has 0 saturated carbocycles. The van der Waals surface area contributed by atoms with Gasteiger partial charge < -0.3 is 20.2 Å². The molecule has 9 aromatic rings. The molecule has 2 aliphatic heterocycles. The molecule has 6 aromatic carbocycles. The molecule has 0 aliphatic carbocycles. The Balaban J connectivity index is 0.000000268. The minimum atomic E-state index is -0.629. The molecule has 0 spiro atoms. The van der Waals surface area contributed by atoms with Gasteiger partial charge in [0.25, 0.3) is 0 Å². The van der Waals surface area contributed by atoms with Crippen molar-refractivity contribution in [2.75, 3.05) is 0 Å². The van der Waals surface area contributed by atoms with Crippen LogP contribution in [0.3, 0.4) is 0 Å². The maximum absolute atomic E-state index is 10.3. The Morgan fingerprint density at radius 2 is 0.522 bits per heavy atom. The van der Waals surface area contributed by atoms with E-state index in [-0.39, 0.29) is 23.9 Å². The number of H-pyrrole nitrogens is 2. The van der Waals surface area contributed by atoms with Gasteiger partial charge in [0.05, 0.1) is 22.8 Å². The van der Waals surface area contributed by atoms with Gasteiger partial charge in [-0.15, -0.1) is 0 Å². The number of nitrogens with zero attached hydrogens (tertiary/aromatic N) is 2. The summed E-state index contributed by atoms with van der Waals surface area (Å²) < 4.78 is 0. The molecule has 0 saturated heterocycles. The van der Waals surface area contributed by atoms with Crippen molar-refractivity contribution >= 4 is 82.2 Å². The fourth-order valence-corrected chi connectivity index (χ4v) is 8.02. The topological polar surface area (TPSA) is 137 Å². The molecular weight excluding hydrogens is 935 g/mol. The van der Waals surface area contributed by atoms with Gasteiger partial charge in [0.2, 0.25) is 0 Å². The van der Waals surface area contributed by atoms with Crippen LogP contribution >= 0.6 is 0 Å². The van der Waals surface area contributed by atoms with Gasteiger partial charge in [-0.05, 0) is 95.1 Å².